The second kappa shape index (κ2) is 6.02. The van der Waals surface area contributed by atoms with E-state index in [9.17, 15) is 14.0 Å². The first-order valence-electron chi connectivity index (χ1n) is 5.48. The van der Waals surface area contributed by atoms with Crippen LogP contribution in [0.3, 0.4) is 0 Å². The number of benzene rings is 1. The maximum Gasteiger partial charge on any atom is 0.255 e. The normalized spacial score (nSPS) is 10.3. The summed E-state index contributed by atoms with van der Waals surface area (Å²) in [5.74, 6) is -2.12. The van der Waals surface area contributed by atoms with Crippen molar-refractivity contribution in [2.24, 2.45) is 5.73 Å². The zero-order chi connectivity index (χ0) is 14.7. The van der Waals surface area contributed by atoms with E-state index in [0.29, 0.717) is 9.21 Å². The molecule has 0 unspecified atom stereocenters. The zero-order valence-electron chi connectivity index (χ0n) is 10.1. The Morgan fingerprint density at radius 3 is 2.65 bits per heavy atom. The average molecular weight is 314 g/mol. The van der Waals surface area contributed by atoms with Crippen LogP contribution in [0.4, 0.5) is 4.39 Å². The van der Waals surface area contributed by atoms with E-state index in [1.165, 1.54) is 12.1 Å². The number of amides is 1. The molecule has 0 atom stereocenters. The van der Waals surface area contributed by atoms with Gasteiger partial charge in [-0.3, -0.25) is 9.59 Å². The molecule has 1 aromatic heterocycles. The van der Waals surface area contributed by atoms with E-state index < -0.39 is 11.7 Å². The van der Waals surface area contributed by atoms with Crippen molar-refractivity contribution in [2.45, 2.75) is 0 Å². The number of ketones is 1. The van der Waals surface area contributed by atoms with Crippen molar-refractivity contribution in [1.82, 2.24) is 0 Å². The van der Waals surface area contributed by atoms with Crippen LogP contribution in [0.15, 0.2) is 30.3 Å². The van der Waals surface area contributed by atoms with Crippen molar-refractivity contribution in [3.63, 3.8) is 0 Å². The fraction of sp³-hybridized carbons (Fsp3) is 0.0769. The number of ether oxygens (including phenoxy) is 1. The number of primary amides is 1. The summed E-state index contributed by atoms with van der Waals surface area (Å²) >= 11 is 6.84. The predicted molar refractivity (Wildman–Crippen MR) is 74.1 cm³/mol. The molecule has 0 bridgehead atoms. The van der Waals surface area contributed by atoms with E-state index in [1.807, 2.05) is 0 Å². The van der Waals surface area contributed by atoms with Crippen LogP contribution in [0.25, 0.3) is 0 Å². The highest BCUT2D eigenvalue weighted by molar-refractivity contribution is 7.18. The van der Waals surface area contributed by atoms with Gasteiger partial charge in [0, 0.05) is 0 Å². The molecule has 1 aromatic carbocycles. The number of halogens is 2. The van der Waals surface area contributed by atoms with Crippen LogP contribution in [0, 0.1) is 5.82 Å². The van der Waals surface area contributed by atoms with Crippen LogP contribution in [0.1, 0.15) is 20.0 Å². The molecule has 0 spiro atoms. The Kier molecular flexibility index (Phi) is 4.36. The zero-order valence-corrected chi connectivity index (χ0v) is 11.6. The first kappa shape index (κ1) is 14.5. The summed E-state index contributed by atoms with van der Waals surface area (Å²) in [4.78, 5) is 23.4. The van der Waals surface area contributed by atoms with Gasteiger partial charge in [0.2, 0.25) is 5.78 Å². The number of carbonyl (C=O) groups is 2. The lowest BCUT2D eigenvalue weighted by molar-refractivity contribution is 0.0914. The Labute approximate surface area is 122 Å². The Morgan fingerprint density at radius 2 is 2.05 bits per heavy atom. The minimum atomic E-state index is -0.954. The van der Waals surface area contributed by atoms with Gasteiger partial charge in [-0.15, -0.1) is 11.3 Å². The third kappa shape index (κ3) is 3.15. The highest BCUT2D eigenvalue weighted by Gasteiger charge is 2.17. The fourth-order valence-electron chi connectivity index (χ4n) is 1.54. The number of Topliss-reactive ketones (excluding diaryl/α,β-unsaturated/α-hetero) is 1. The largest absolute Gasteiger partial charge is 0.484 e. The van der Waals surface area contributed by atoms with Crippen molar-refractivity contribution < 1.29 is 18.7 Å². The number of hydrogen-bond donors (Lipinski definition) is 1. The first-order valence-corrected chi connectivity index (χ1v) is 6.68. The summed E-state index contributed by atoms with van der Waals surface area (Å²) in [6, 6.07) is 6.99. The summed E-state index contributed by atoms with van der Waals surface area (Å²) < 4.78 is 19.1. The van der Waals surface area contributed by atoms with Crippen molar-refractivity contribution >= 4 is 34.6 Å². The molecule has 2 aromatic rings. The lowest BCUT2D eigenvalue weighted by Gasteiger charge is -2.09. The lowest BCUT2D eigenvalue weighted by atomic mass is 10.2. The summed E-state index contributed by atoms with van der Waals surface area (Å²) in [7, 11) is 0. The fourth-order valence-corrected chi connectivity index (χ4v) is 2.51. The number of carbonyl (C=O) groups excluding carboxylic acids is 2. The van der Waals surface area contributed by atoms with E-state index in [1.54, 1.807) is 12.1 Å². The van der Waals surface area contributed by atoms with Gasteiger partial charge in [0.1, 0.15) is 17.1 Å². The molecular weight excluding hydrogens is 305 g/mol. The highest BCUT2D eigenvalue weighted by Crippen LogP contribution is 2.24. The van der Waals surface area contributed by atoms with E-state index in [2.05, 4.69) is 0 Å². The second-order valence-electron chi connectivity index (χ2n) is 3.79. The molecule has 0 aliphatic heterocycles. The van der Waals surface area contributed by atoms with Gasteiger partial charge in [-0.2, -0.15) is 0 Å². The molecule has 2 rings (SSSR count). The summed E-state index contributed by atoms with van der Waals surface area (Å²) in [5.41, 5.74) is 4.71. The molecule has 1 amide bonds. The van der Waals surface area contributed by atoms with Gasteiger partial charge >= 0.3 is 0 Å². The Hall–Kier alpha value is -1.92. The van der Waals surface area contributed by atoms with Gasteiger partial charge in [-0.05, 0) is 24.3 Å². The van der Waals surface area contributed by atoms with Gasteiger partial charge in [-0.25, -0.2) is 4.39 Å². The Balaban J connectivity index is 2.13. The molecule has 0 aliphatic carbocycles. The van der Waals surface area contributed by atoms with Crippen LogP contribution in [-0.4, -0.2) is 18.3 Å². The Bertz CT molecular complexity index is 671. The molecule has 4 nitrogen and oxygen atoms in total. The van der Waals surface area contributed by atoms with Crippen LogP contribution in [-0.2, 0) is 0 Å². The standard InChI is InChI=1S/C13H9ClFNO3S/c14-11-5-4-10(20-11)8(17)6-19-9-3-1-2-7(15)12(9)13(16)18/h1-5H,6H2,(H2,16,18). The summed E-state index contributed by atoms with van der Waals surface area (Å²) in [6.07, 6.45) is 0. The van der Waals surface area contributed by atoms with Crippen molar-refractivity contribution in [3.8, 4) is 5.75 Å². The van der Waals surface area contributed by atoms with Gasteiger partial charge in [-0.1, -0.05) is 17.7 Å². The SMILES string of the molecule is NC(=O)c1c(F)cccc1OCC(=O)c1ccc(Cl)s1. The number of nitrogens with two attached hydrogens (primary N) is 1. The maximum atomic E-state index is 13.5. The molecule has 0 fully saturated rings. The van der Waals surface area contributed by atoms with Gasteiger partial charge in [0.25, 0.3) is 5.91 Å². The maximum absolute atomic E-state index is 13.5. The van der Waals surface area contributed by atoms with Crippen LogP contribution in [0.5, 0.6) is 5.75 Å². The molecular formula is C13H9ClFNO3S. The van der Waals surface area contributed by atoms with Crippen molar-refractivity contribution in [3.05, 3.63) is 50.9 Å². The average Bonchev–Trinajstić information content (AvgIpc) is 2.82. The monoisotopic (exact) mass is 313 g/mol. The number of rotatable bonds is 5. The Morgan fingerprint density at radius 1 is 1.30 bits per heavy atom. The molecule has 2 N–H and O–H groups in total. The van der Waals surface area contributed by atoms with Crippen LogP contribution in [0.2, 0.25) is 4.34 Å². The quantitative estimate of drug-likeness (QED) is 0.863. The lowest BCUT2D eigenvalue weighted by Crippen LogP contribution is -2.17. The van der Waals surface area contributed by atoms with E-state index in [0.717, 1.165) is 17.4 Å². The van der Waals surface area contributed by atoms with Gasteiger partial charge in [0.05, 0.1) is 9.21 Å². The minimum absolute atomic E-state index is 0.0616. The number of hydrogen-bond acceptors (Lipinski definition) is 4. The molecule has 0 saturated heterocycles. The minimum Gasteiger partial charge on any atom is -0.484 e. The third-order valence-electron chi connectivity index (χ3n) is 2.43. The first-order chi connectivity index (χ1) is 9.49. The van der Waals surface area contributed by atoms with Crippen LogP contribution >= 0.6 is 22.9 Å². The van der Waals surface area contributed by atoms with E-state index in [4.69, 9.17) is 22.1 Å². The summed E-state index contributed by atoms with van der Waals surface area (Å²) in [5, 5.41) is 0. The predicted octanol–water partition coefficient (Wildman–Crippen LogP) is 2.90. The van der Waals surface area contributed by atoms with Crippen molar-refractivity contribution in [2.75, 3.05) is 6.61 Å². The topological polar surface area (TPSA) is 69.4 Å². The van der Waals surface area contributed by atoms with Gasteiger partial charge in [0.15, 0.2) is 6.61 Å². The third-order valence-corrected chi connectivity index (χ3v) is 3.70. The molecule has 7 heteroatoms. The number of thiophene rings is 1. The smallest absolute Gasteiger partial charge is 0.255 e. The molecule has 0 radical (unpaired) electrons. The molecule has 104 valence electrons. The second-order valence-corrected chi connectivity index (χ2v) is 5.51. The molecule has 20 heavy (non-hydrogen) atoms. The van der Waals surface area contributed by atoms with Crippen LogP contribution < -0.4 is 10.5 Å². The molecule has 1 heterocycles. The molecule has 0 saturated carbocycles. The van der Waals surface area contributed by atoms with E-state index >= 15 is 0 Å². The summed E-state index contributed by atoms with van der Waals surface area (Å²) in [6.45, 7) is -0.333. The van der Waals surface area contributed by atoms with E-state index in [-0.39, 0.29) is 23.7 Å². The molecule has 0 aliphatic rings. The van der Waals surface area contributed by atoms with Gasteiger partial charge < -0.3 is 10.5 Å². The van der Waals surface area contributed by atoms with Crippen molar-refractivity contribution in [1.29, 1.82) is 0 Å². The highest BCUT2D eigenvalue weighted by atomic mass is 35.5.